The summed E-state index contributed by atoms with van der Waals surface area (Å²) < 4.78 is 0. The molecule has 5 nitrogen and oxygen atoms in total. The minimum atomic E-state index is -1.74. The zero-order valence-electron chi connectivity index (χ0n) is 7.27. The Labute approximate surface area is 80.4 Å². The molecule has 1 aliphatic heterocycles. The maximum Gasteiger partial charge on any atom is 0.319 e. The standard InChI is InChI=1S/C9H10N2O3/c12-7-9(14,11-8(13)10-7)6-4-2-1-3-5-6/h1-5,7,12,14H,(H2,10,11,13). The van der Waals surface area contributed by atoms with Crippen molar-refractivity contribution >= 4 is 6.03 Å². The number of benzene rings is 1. The molecule has 5 heteroatoms. The first-order valence-corrected chi connectivity index (χ1v) is 4.17. The van der Waals surface area contributed by atoms with E-state index in [-0.39, 0.29) is 0 Å². The van der Waals surface area contributed by atoms with Crippen LogP contribution < -0.4 is 10.6 Å². The predicted octanol–water partition coefficient (Wildman–Crippen LogP) is -0.537. The number of aliphatic hydroxyl groups is 2. The lowest BCUT2D eigenvalue weighted by Gasteiger charge is -2.24. The molecule has 1 aromatic carbocycles. The van der Waals surface area contributed by atoms with Crippen molar-refractivity contribution in [3.8, 4) is 0 Å². The number of hydrogen-bond acceptors (Lipinski definition) is 3. The van der Waals surface area contributed by atoms with Gasteiger partial charge in [-0.05, 0) is 0 Å². The van der Waals surface area contributed by atoms with Crippen LogP contribution in [0.2, 0.25) is 0 Å². The van der Waals surface area contributed by atoms with Gasteiger partial charge in [-0.2, -0.15) is 0 Å². The van der Waals surface area contributed by atoms with E-state index in [2.05, 4.69) is 10.6 Å². The molecule has 1 aromatic rings. The minimum Gasteiger partial charge on any atom is -0.369 e. The monoisotopic (exact) mass is 194 g/mol. The predicted molar refractivity (Wildman–Crippen MR) is 48.0 cm³/mol. The second kappa shape index (κ2) is 2.97. The number of rotatable bonds is 1. The number of carbonyl (C=O) groups is 1. The molecule has 74 valence electrons. The zero-order chi connectivity index (χ0) is 10.2. The second-order valence-electron chi connectivity index (χ2n) is 3.13. The second-order valence-corrected chi connectivity index (χ2v) is 3.13. The Kier molecular flexibility index (Phi) is 1.90. The molecular formula is C9H10N2O3. The summed E-state index contributed by atoms with van der Waals surface area (Å²) in [7, 11) is 0. The van der Waals surface area contributed by atoms with Gasteiger partial charge in [0.05, 0.1) is 0 Å². The Morgan fingerprint density at radius 3 is 2.43 bits per heavy atom. The third-order valence-corrected chi connectivity index (χ3v) is 2.18. The van der Waals surface area contributed by atoms with Crippen LogP contribution in [-0.2, 0) is 5.72 Å². The van der Waals surface area contributed by atoms with Crippen LogP contribution in [-0.4, -0.2) is 22.5 Å². The van der Waals surface area contributed by atoms with Gasteiger partial charge in [-0.15, -0.1) is 0 Å². The molecule has 1 saturated heterocycles. The third-order valence-electron chi connectivity index (χ3n) is 2.18. The van der Waals surface area contributed by atoms with E-state index in [1.165, 1.54) is 0 Å². The molecule has 1 fully saturated rings. The molecule has 0 aliphatic carbocycles. The average Bonchev–Trinajstić information content (AvgIpc) is 2.43. The van der Waals surface area contributed by atoms with Gasteiger partial charge in [0.15, 0.2) is 6.23 Å². The normalized spacial score (nSPS) is 31.0. The van der Waals surface area contributed by atoms with Crippen LogP contribution in [0.15, 0.2) is 30.3 Å². The molecule has 2 unspecified atom stereocenters. The Balaban J connectivity index is 2.38. The van der Waals surface area contributed by atoms with Crippen molar-refractivity contribution in [2.24, 2.45) is 0 Å². The first kappa shape index (κ1) is 8.98. The van der Waals surface area contributed by atoms with Gasteiger partial charge in [0.1, 0.15) is 0 Å². The zero-order valence-corrected chi connectivity index (χ0v) is 7.27. The lowest BCUT2D eigenvalue weighted by atomic mass is 10.0. The molecule has 1 aliphatic rings. The summed E-state index contributed by atoms with van der Waals surface area (Å²) in [6, 6.07) is 7.86. The van der Waals surface area contributed by atoms with Gasteiger partial charge in [-0.25, -0.2) is 4.79 Å². The smallest absolute Gasteiger partial charge is 0.319 e. The Morgan fingerprint density at radius 2 is 1.93 bits per heavy atom. The number of amides is 2. The maximum atomic E-state index is 10.9. The summed E-state index contributed by atoms with van der Waals surface area (Å²) >= 11 is 0. The SMILES string of the molecule is O=C1NC(O)C(O)(c2ccccc2)N1. The summed E-state index contributed by atoms with van der Waals surface area (Å²) in [6.07, 6.45) is -1.34. The average molecular weight is 194 g/mol. The first-order chi connectivity index (χ1) is 6.63. The van der Waals surface area contributed by atoms with Crippen molar-refractivity contribution in [1.29, 1.82) is 0 Å². The van der Waals surface area contributed by atoms with Crippen molar-refractivity contribution in [3.63, 3.8) is 0 Å². The largest absolute Gasteiger partial charge is 0.369 e. The van der Waals surface area contributed by atoms with E-state index in [0.29, 0.717) is 5.56 Å². The van der Waals surface area contributed by atoms with Gasteiger partial charge in [0.2, 0.25) is 5.72 Å². The molecule has 1 heterocycles. The van der Waals surface area contributed by atoms with E-state index < -0.39 is 18.0 Å². The lowest BCUT2D eigenvalue weighted by molar-refractivity contribution is -0.0805. The molecule has 2 atom stereocenters. The molecule has 0 bridgehead atoms. The summed E-state index contributed by atoms with van der Waals surface area (Å²) in [5.74, 6) is 0. The number of urea groups is 1. The van der Waals surface area contributed by atoms with Crippen molar-refractivity contribution in [1.82, 2.24) is 10.6 Å². The number of aliphatic hydroxyl groups excluding tert-OH is 1. The molecule has 0 saturated carbocycles. The van der Waals surface area contributed by atoms with Gasteiger partial charge < -0.3 is 20.8 Å². The van der Waals surface area contributed by atoms with Crippen LogP contribution in [0, 0.1) is 0 Å². The fourth-order valence-corrected chi connectivity index (χ4v) is 1.43. The highest BCUT2D eigenvalue weighted by Crippen LogP contribution is 2.23. The Bertz CT molecular complexity index is 354. The van der Waals surface area contributed by atoms with Crippen molar-refractivity contribution in [3.05, 3.63) is 35.9 Å². The van der Waals surface area contributed by atoms with Crippen LogP contribution in [0.25, 0.3) is 0 Å². The molecule has 2 rings (SSSR count). The van der Waals surface area contributed by atoms with E-state index >= 15 is 0 Å². The molecule has 0 spiro atoms. The lowest BCUT2D eigenvalue weighted by Crippen LogP contribution is -2.46. The van der Waals surface area contributed by atoms with Crippen LogP contribution in [0.4, 0.5) is 4.79 Å². The van der Waals surface area contributed by atoms with Gasteiger partial charge in [0, 0.05) is 5.56 Å². The molecule has 4 N–H and O–H groups in total. The first-order valence-electron chi connectivity index (χ1n) is 4.17. The molecule has 14 heavy (non-hydrogen) atoms. The third kappa shape index (κ3) is 1.23. The van der Waals surface area contributed by atoms with Crippen molar-refractivity contribution in [2.75, 3.05) is 0 Å². The topological polar surface area (TPSA) is 81.6 Å². The van der Waals surface area contributed by atoms with Crippen LogP contribution >= 0.6 is 0 Å². The fraction of sp³-hybridized carbons (Fsp3) is 0.222. The van der Waals surface area contributed by atoms with E-state index in [4.69, 9.17) is 0 Å². The van der Waals surface area contributed by atoms with Crippen molar-refractivity contribution < 1.29 is 15.0 Å². The molecular weight excluding hydrogens is 184 g/mol. The quantitative estimate of drug-likeness (QED) is 0.484. The highest BCUT2D eigenvalue weighted by molar-refractivity contribution is 5.78. The van der Waals surface area contributed by atoms with Crippen molar-refractivity contribution in [2.45, 2.75) is 12.0 Å². The molecule has 2 amide bonds. The number of carbonyl (C=O) groups excluding carboxylic acids is 1. The van der Waals surface area contributed by atoms with E-state index in [0.717, 1.165) is 0 Å². The van der Waals surface area contributed by atoms with Crippen LogP contribution in [0.5, 0.6) is 0 Å². The van der Waals surface area contributed by atoms with Gasteiger partial charge in [-0.1, -0.05) is 30.3 Å². The van der Waals surface area contributed by atoms with E-state index in [9.17, 15) is 15.0 Å². The van der Waals surface area contributed by atoms with Crippen LogP contribution in [0.1, 0.15) is 5.56 Å². The van der Waals surface area contributed by atoms with Gasteiger partial charge in [0.25, 0.3) is 0 Å². The summed E-state index contributed by atoms with van der Waals surface area (Å²) in [5.41, 5.74) is -1.30. The number of hydrogen-bond donors (Lipinski definition) is 4. The minimum absolute atomic E-state index is 0.436. The highest BCUT2D eigenvalue weighted by atomic mass is 16.4. The Morgan fingerprint density at radius 1 is 1.29 bits per heavy atom. The molecule has 0 aromatic heterocycles. The Hall–Kier alpha value is -1.59. The van der Waals surface area contributed by atoms with E-state index in [1.54, 1.807) is 30.3 Å². The van der Waals surface area contributed by atoms with E-state index in [1.807, 2.05) is 0 Å². The summed E-state index contributed by atoms with van der Waals surface area (Å²) in [4.78, 5) is 10.9. The van der Waals surface area contributed by atoms with Gasteiger partial charge >= 0.3 is 6.03 Å². The molecule has 0 radical (unpaired) electrons. The number of nitrogens with one attached hydrogen (secondary N) is 2. The fourth-order valence-electron chi connectivity index (χ4n) is 1.43. The van der Waals surface area contributed by atoms with Crippen LogP contribution in [0.3, 0.4) is 0 Å². The highest BCUT2D eigenvalue weighted by Gasteiger charge is 2.45. The van der Waals surface area contributed by atoms with Gasteiger partial charge in [-0.3, -0.25) is 0 Å². The summed E-state index contributed by atoms with van der Waals surface area (Å²) in [6.45, 7) is 0. The summed E-state index contributed by atoms with van der Waals surface area (Å²) in [5, 5.41) is 23.8. The maximum absolute atomic E-state index is 10.9.